The summed E-state index contributed by atoms with van der Waals surface area (Å²) in [7, 11) is -3.17. The predicted molar refractivity (Wildman–Crippen MR) is 87.0 cm³/mol. The molecule has 2 fully saturated rings. The Labute approximate surface area is 134 Å². The minimum Gasteiger partial charge on any atom is -0.330 e. The van der Waals surface area contributed by atoms with Crippen LogP contribution in [0.5, 0.6) is 0 Å². The predicted octanol–water partition coefficient (Wildman–Crippen LogP) is -0.814. The molecule has 2 aliphatic heterocycles. The normalized spacial score (nSPS) is 22.2. The molecule has 2 saturated heterocycles. The van der Waals surface area contributed by atoms with Crippen molar-refractivity contribution in [3.63, 3.8) is 0 Å². The van der Waals surface area contributed by atoms with Crippen LogP contribution >= 0.6 is 0 Å². The second kappa shape index (κ2) is 7.11. The molecule has 5 heteroatoms. The molecule has 4 nitrogen and oxygen atoms in total. The number of nitrogens with one attached hydrogen (secondary N) is 2. The quantitative estimate of drug-likeness (QED) is 0.719. The highest BCUT2D eigenvalue weighted by Crippen LogP contribution is 2.11. The van der Waals surface area contributed by atoms with Gasteiger partial charge in [0.05, 0.1) is 31.1 Å². The number of hydrogen-bond acceptors (Lipinski definition) is 2. The zero-order chi connectivity index (χ0) is 15.4. The summed E-state index contributed by atoms with van der Waals surface area (Å²) in [5, 5.41) is 0. The highest BCUT2D eigenvalue weighted by molar-refractivity contribution is 7.91. The third-order valence-corrected chi connectivity index (χ3v) is 7.02. The minimum atomic E-state index is -3.17. The molecule has 0 spiro atoms. The van der Waals surface area contributed by atoms with Gasteiger partial charge in [-0.1, -0.05) is 18.2 Å². The molecule has 0 radical (unpaired) electrons. The van der Waals surface area contributed by atoms with Gasteiger partial charge in [0.2, 0.25) is 0 Å². The van der Waals surface area contributed by atoms with E-state index in [2.05, 4.69) is 0 Å². The third-order valence-electron chi connectivity index (χ3n) is 5.19. The largest absolute Gasteiger partial charge is 0.330 e. The molecule has 0 aliphatic carbocycles. The molecule has 1 aromatic rings. The van der Waals surface area contributed by atoms with Gasteiger partial charge in [-0.15, -0.1) is 0 Å². The summed E-state index contributed by atoms with van der Waals surface area (Å²) < 4.78 is 25.5. The lowest BCUT2D eigenvalue weighted by atomic mass is 10.2. The van der Waals surface area contributed by atoms with Crippen molar-refractivity contribution >= 4 is 9.84 Å². The SMILES string of the molecule is O=S(=O)(C[C@@H](C[NH+]1CCCC1)[NH+]1CCCC1)c1ccccc1. The van der Waals surface area contributed by atoms with Gasteiger partial charge in [-0.25, -0.2) is 8.42 Å². The molecule has 2 heterocycles. The van der Waals surface area contributed by atoms with E-state index in [0.29, 0.717) is 10.6 Å². The van der Waals surface area contributed by atoms with Gasteiger partial charge in [0, 0.05) is 25.7 Å². The van der Waals surface area contributed by atoms with Crippen LogP contribution in [0, 0.1) is 0 Å². The van der Waals surface area contributed by atoms with E-state index >= 15 is 0 Å². The second-order valence-corrected chi connectivity index (χ2v) is 8.85. The van der Waals surface area contributed by atoms with Crippen LogP contribution in [0.25, 0.3) is 0 Å². The summed E-state index contributed by atoms with van der Waals surface area (Å²) in [5.74, 6) is 0.301. The van der Waals surface area contributed by atoms with E-state index in [0.717, 1.165) is 19.6 Å². The Morgan fingerprint density at radius 2 is 1.50 bits per heavy atom. The molecule has 22 heavy (non-hydrogen) atoms. The fourth-order valence-electron chi connectivity index (χ4n) is 3.97. The Kier molecular flexibility index (Phi) is 5.16. The number of quaternary nitrogens is 2. The maximum Gasteiger partial charge on any atom is 0.184 e. The average molecular weight is 324 g/mol. The molecule has 1 atom stereocenters. The van der Waals surface area contributed by atoms with Crippen LogP contribution in [-0.4, -0.2) is 52.9 Å². The molecular weight excluding hydrogens is 296 g/mol. The van der Waals surface area contributed by atoms with E-state index in [1.165, 1.54) is 43.7 Å². The standard InChI is InChI=1S/C17H26N2O2S/c20-22(21,17-8-2-1-3-9-17)15-16(19-12-6-7-13-19)14-18-10-4-5-11-18/h1-3,8-9,16H,4-7,10-15H2/p+2/t16-/m1/s1. The van der Waals surface area contributed by atoms with E-state index in [1.807, 2.05) is 18.2 Å². The topological polar surface area (TPSA) is 43.0 Å². The average Bonchev–Trinajstić information content (AvgIpc) is 3.21. The molecule has 0 bridgehead atoms. The molecule has 2 aliphatic rings. The highest BCUT2D eigenvalue weighted by atomic mass is 32.2. The van der Waals surface area contributed by atoms with Gasteiger partial charge in [0.15, 0.2) is 15.9 Å². The van der Waals surface area contributed by atoms with Crippen LogP contribution in [0.3, 0.4) is 0 Å². The van der Waals surface area contributed by atoms with Gasteiger partial charge < -0.3 is 9.80 Å². The lowest BCUT2D eigenvalue weighted by Gasteiger charge is -2.26. The van der Waals surface area contributed by atoms with Crippen LogP contribution < -0.4 is 9.80 Å². The number of benzene rings is 1. The van der Waals surface area contributed by atoms with Crippen molar-refractivity contribution in [2.45, 2.75) is 36.6 Å². The summed E-state index contributed by atoms with van der Waals surface area (Å²) in [6.45, 7) is 5.73. The van der Waals surface area contributed by atoms with Crippen LogP contribution in [0.15, 0.2) is 35.2 Å². The lowest BCUT2D eigenvalue weighted by molar-refractivity contribution is -0.963. The molecule has 2 N–H and O–H groups in total. The molecule has 3 rings (SSSR count). The van der Waals surface area contributed by atoms with Crippen LogP contribution in [0.4, 0.5) is 0 Å². The van der Waals surface area contributed by atoms with Crippen molar-refractivity contribution in [3.05, 3.63) is 30.3 Å². The zero-order valence-corrected chi connectivity index (χ0v) is 14.1. The van der Waals surface area contributed by atoms with E-state index in [-0.39, 0.29) is 6.04 Å². The van der Waals surface area contributed by atoms with Gasteiger partial charge in [-0.2, -0.15) is 0 Å². The Balaban J connectivity index is 1.73. The fraction of sp³-hybridized carbons (Fsp3) is 0.647. The van der Waals surface area contributed by atoms with Crippen LogP contribution in [0.2, 0.25) is 0 Å². The van der Waals surface area contributed by atoms with Crippen molar-refractivity contribution in [1.29, 1.82) is 0 Å². The molecule has 0 aromatic heterocycles. The highest BCUT2D eigenvalue weighted by Gasteiger charge is 2.35. The van der Waals surface area contributed by atoms with Crippen molar-refractivity contribution in [1.82, 2.24) is 0 Å². The Hall–Kier alpha value is -0.910. The number of sulfone groups is 1. The van der Waals surface area contributed by atoms with Gasteiger partial charge in [0.1, 0.15) is 12.3 Å². The summed E-state index contributed by atoms with van der Waals surface area (Å²) >= 11 is 0. The smallest absolute Gasteiger partial charge is 0.184 e. The van der Waals surface area contributed by atoms with Crippen LogP contribution in [0.1, 0.15) is 25.7 Å². The second-order valence-electron chi connectivity index (χ2n) is 6.82. The summed E-state index contributed by atoms with van der Waals surface area (Å²) in [5.41, 5.74) is 0. The Bertz CT molecular complexity index is 562. The Morgan fingerprint density at radius 1 is 0.909 bits per heavy atom. The Morgan fingerprint density at radius 3 is 2.14 bits per heavy atom. The van der Waals surface area contributed by atoms with Crippen molar-refractivity contribution < 1.29 is 18.2 Å². The zero-order valence-electron chi connectivity index (χ0n) is 13.3. The van der Waals surface area contributed by atoms with E-state index in [4.69, 9.17) is 0 Å². The van der Waals surface area contributed by atoms with Crippen LogP contribution in [-0.2, 0) is 9.84 Å². The maximum absolute atomic E-state index is 12.8. The van der Waals surface area contributed by atoms with Crippen molar-refractivity contribution in [3.8, 4) is 0 Å². The molecule has 0 unspecified atom stereocenters. The first-order valence-corrected chi connectivity index (χ1v) is 10.3. The molecule has 0 saturated carbocycles. The third kappa shape index (κ3) is 3.89. The van der Waals surface area contributed by atoms with Gasteiger partial charge >= 0.3 is 0 Å². The molecular formula is C17H28N2O2S+2. The summed E-state index contributed by atoms with van der Waals surface area (Å²) in [4.78, 5) is 3.60. The summed E-state index contributed by atoms with van der Waals surface area (Å²) in [6.07, 6.45) is 5.07. The van der Waals surface area contributed by atoms with Crippen molar-refractivity contribution in [2.75, 3.05) is 38.5 Å². The lowest BCUT2D eigenvalue weighted by Crippen LogP contribution is -3.22. The number of rotatable bonds is 6. The number of likely N-dealkylation sites (tertiary alicyclic amines) is 2. The van der Waals surface area contributed by atoms with Crippen molar-refractivity contribution in [2.24, 2.45) is 0 Å². The molecule has 0 amide bonds. The summed E-state index contributed by atoms with van der Waals surface area (Å²) in [6, 6.07) is 9.22. The van der Waals surface area contributed by atoms with Gasteiger partial charge in [0.25, 0.3) is 0 Å². The first-order valence-electron chi connectivity index (χ1n) is 8.61. The molecule has 1 aromatic carbocycles. The molecule has 122 valence electrons. The maximum atomic E-state index is 12.8. The van der Waals surface area contributed by atoms with E-state index in [1.54, 1.807) is 17.0 Å². The first kappa shape index (κ1) is 16.0. The van der Waals surface area contributed by atoms with E-state index < -0.39 is 9.84 Å². The monoisotopic (exact) mass is 324 g/mol. The minimum absolute atomic E-state index is 0.251. The number of hydrogen-bond donors (Lipinski definition) is 2. The fourth-order valence-corrected chi connectivity index (χ4v) is 5.62. The van der Waals surface area contributed by atoms with Gasteiger partial charge in [-0.05, 0) is 12.1 Å². The van der Waals surface area contributed by atoms with E-state index in [9.17, 15) is 8.42 Å². The van der Waals surface area contributed by atoms with Gasteiger partial charge in [-0.3, -0.25) is 0 Å². The first-order chi connectivity index (χ1) is 10.6.